The minimum atomic E-state index is -0.975. The fraction of sp³-hybridized carbons (Fsp3) is 0.350. The standard InChI is InChI=1S/C20H20F2N4O2/c1-12(14-5-6-16(21)17(22)9-14)23-19(27)11-26-20(28)25-8-7-15(10-18(25)24-26)13-3-2-4-13/h5-10,12-13H,2-4,11H2,1H3,(H,23,27)/t12-/m0/s1. The molecule has 1 fully saturated rings. The number of amides is 1. The molecule has 6 nitrogen and oxygen atoms in total. The first kappa shape index (κ1) is 18.3. The molecule has 1 saturated carbocycles. The predicted octanol–water partition coefficient (Wildman–Crippen LogP) is 2.92. The maximum atomic E-state index is 13.4. The molecular weight excluding hydrogens is 366 g/mol. The molecule has 1 aromatic carbocycles. The molecule has 8 heteroatoms. The Kier molecular flexibility index (Phi) is 4.70. The van der Waals surface area contributed by atoms with Crippen LogP contribution in [0, 0.1) is 11.6 Å². The smallest absolute Gasteiger partial charge is 0.348 e. The summed E-state index contributed by atoms with van der Waals surface area (Å²) in [6.07, 6.45) is 5.20. The summed E-state index contributed by atoms with van der Waals surface area (Å²) >= 11 is 0. The SMILES string of the molecule is C[C@H](NC(=O)Cn1nc2cc(C3CCC3)ccn2c1=O)c1ccc(F)c(F)c1. The quantitative estimate of drug-likeness (QED) is 0.733. The van der Waals surface area contributed by atoms with Gasteiger partial charge in [-0.1, -0.05) is 12.5 Å². The first-order chi connectivity index (χ1) is 13.4. The van der Waals surface area contributed by atoms with Crippen molar-refractivity contribution in [2.45, 2.75) is 44.7 Å². The van der Waals surface area contributed by atoms with Gasteiger partial charge in [0.2, 0.25) is 5.91 Å². The van der Waals surface area contributed by atoms with Crippen molar-refractivity contribution in [1.29, 1.82) is 0 Å². The van der Waals surface area contributed by atoms with E-state index in [0.29, 0.717) is 17.1 Å². The number of fused-ring (bicyclic) bond motifs is 1. The van der Waals surface area contributed by atoms with Crippen LogP contribution in [0.25, 0.3) is 5.65 Å². The number of aromatic nitrogens is 3. The van der Waals surface area contributed by atoms with Crippen molar-refractivity contribution < 1.29 is 13.6 Å². The fourth-order valence-electron chi connectivity index (χ4n) is 3.42. The Balaban J connectivity index is 1.49. The highest BCUT2D eigenvalue weighted by atomic mass is 19.2. The van der Waals surface area contributed by atoms with E-state index in [1.165, 1.54) is 16.9 Å². The molecule has 146 valence electrons. The van der Waals surface area contributed by atoms with Crippen LogP contribution in [0.5, 0.6) is 0 Å². The van der Waals surface area contributed by atoms with E-state index in [0.717, 1.165) is 35.2 Å². The van der Waals surface area contributed by atoms with Crippen molar-refractivity contribution in [3.05, 3.63) is 69.8 Å². The van der Waals surface area contributed by atoms with E-state index in [-0.39, 0.29) is 6.54 Å². The molecule has 0 radical (unpaired) electrons. The Labute approximate surface area is 159 Å². The molecule has 1 amide bonds. The molecule has 0 unspecified atom stereocenters. The van der Waals surface area contributed by atoms with Crippen molar-refractivity contribution in [2.75, 3.05) is 0 Å². The van der Waals surface area contributed by atoms with E-state index in [2.05, 4.69) is 10.4 Å². The average molecular weight is 386 g/mol. The van der Waals surface area contributed by atoms with Crippen molar-refractivity contribution in [3.8, 4) is 0 Å². The number of pyridine rings is 1. The maximum Gasteiger partial charge on any atom is 0.350 e. The predicted molar refractivity (Wildman–Crippen MR) is 99.0 cm³/mol. The molecule has 0 bridgehead atoms. The van der Waals surface area contributed by atoms with Crippen LogP contribution in [-0.2, 0) is 11.3 Å². The molecule has 2 heterocycles. The number of carbonyl (C=O) groups excluding carboxylic acids is 1. The number of halogens is 2. The van der Waals surface area contributed by atoms with Crippen LogP contribution < -0.4 is 11.0 Å². The number of benzene rings is 1. The zero-order chi connectivity index (χ0) is 19.8. The summed E-state index contributed by atoms with van der Waals surface area (Å²) in [6, 6.07) is 6.74. The lowest BCUT2D eigenvalue weighted by Gasteiger charge is -2.25. The highest BCUT2D eigenvalue weighted by Crippen LogP contribution is 2.36. The van der Waals surface area contributed by atoms with Crippen LogP contribution in [0.3, 0.4) is 0 Å². The van der Waals surface area contributed by atoms with Crippen LogP contribution in [0.2, 0.25) is 0 Å². The summed E-state index contributed by atoms with van der Waals surface area (Å²) in [5.74, 6) is -1.84. The Hall–Kier alpha value is -3.03. The third kappa shape index (κ3) is 3.42. The fourth-order valence-corrected chi connectivity index (χ4v) is 3.42. The highest BCUT2D eigenvalue weighted by Gasteiger charge is 2.21. The summed E-state index contributed by atoms with van der Waals surface area (Å²) < 4.78 is 28.9. The monoisotopic (exact) mass is 386 g/mol. The summed E-state index contributed by atoms with van der Waals surface area (Å²) in [5, 5.41) is 6.93. The van der Waals surface area contributed by atoms with Gasteiger partial charge in [0.15, 0.2) is 17.3 Å². The van der Waals surface area contributed by atoms with Gasteiger partial charge in [-0.3, -0.25) is 9.20 Å². The Morgan fingerprint density at radius 2 is 2.04 bits per heavy atom. The average Bonchev–Trinajstić information content (AvgIpc) is 2.91. The maximum absolute atomic E-state index is 13.4. The molecule has 1 N–H and O–H groups in total. The zero-order valence-electron chi connectivity index (χ0n) is 15.4. The first-order valence-electron chi connectivity index (χ1n) is 9.26. The molecule has 1 aliphatic carbocycles. The third-order valence-corrected chi connectivity index (χ3v) is 5.30. The molecular formula is C20H20F2N4O2. The topological polar surface area (TPSA) is 68.4 Å². The normalized spacial score (nSPS) is 15.4. The van der Waals surface area contributed by atoms with Gasteiger partial charge in [-0.05, 0) is 61.1 Å². The second-order valence-corrected chi connectivity index (χ2v) is 7.22. The van der Waals surface area contributed by atoms with Crippen molar-refractivity contribution in [2.24, 2.45) is 0 Å². The molecule has 1 atom stereocenters. The first-order valence-corrected chi connectivity index (χ1v) is 9.26. The van der Waals surface area contributed by atoms with E-state index < -0.39 is 29.3 Å². The largest absolute Gasteiger partial charge is 0.350 e. The van der Waals surface area contributed by atoms with Gasteiger partial charge in [0.1, 0.15) is 6.54 Å². The van der Waals surface area contributed by atoms with Crippen LogP contribution in [0.15, 0.2) is 41.3 Å². The van der Waals surface area contributed by atoms with E-state index in [1.807, 2.05) is 12.1 Å². The van der Waals surface area contributed by atoms with Gasteiger partial charge >= 0.3 is 5.69 Å². The number of rotatable bonds is 5. The second-order valence-electron chi connectivity index (χ2n) is 7.22. The molecule has 2 aromatic heterocycles. The van der Waals surface area contributed by atoms with Crippen LogP contribution in [0.1, 0.15) is 49.3 Å². The highest BCUT2D eigenvalue weighted by molar-refractivity contribution is 5.76. The lowest BCUT2D eigenvalue weighted by molar-refractivity contribution is -0.122. The molecule has 0 saturated heterocycles. The van der Waals surface area contributed by atoms with Gasteiger partial charge in [-0.25, -0.2) is 18.3 Å². The van der Waals surface area contributed by atoms with E-state index >= 15 is 0 Å². The van der Waals surface area contributed by atoms with Gasteiger partial charge in [0.05, 0.1) is 6.04 Å². The van der Waals surface area contributed by atoms with Crippen molar-refractivity contribution in [1.82, 2.24) is 19.5 Å². The summed E-state index contributed by atoms with van der Waals surface area (Å²) in [6.45, 7) is 1.40. The molecule has 1 aliphatic rings. The lowest BCUT2D eigenvalue weighted by atomic mass is 9.80. The van der Waals surface area contributed by atoms with Crippen LogP contribution in [0.4, 0.5) is 8.78 Å². The number of nitrogens with zero attached hydrogens (tertiary/aromatic N) is 3. The number of hydrogen-bond donors (Lipinski definition) is 1. The summed E-state index contributed by atoms with van der Waals surface area (Å²) in [4.78, 5) is 24.8. The number of hydrogen-bond acceptors (Lipinski definition) is 3. The minimum Gasteiger partial charge on any atom is -0.348 e. The van der Waals surface area contributed by atoms with Gasteiger partial charge in [-0.2, -0.15) is 0 Å². The van der Waals surface area contributed by atoms with Gasteiger partial charge in [0, 0.05) is 6.20 Å². The summed E-state index contributed by atoms with van der Waals surface area (Å²) in [5.41, 5.74) is 1.70. The molecule has 0 aliphatic heterocycles. The molecule has 3 aromatic rings. The van der Waals surface area contributed by atoms with Gasteiger partial charge in [-0.15, -0.1) is 5.10 Å². The van der Waals surface area contributed by atoms with Gasteiger partial charge < -0.3 is 5.32 Å². The molecule has 28 heavy (non-hydrogen) atoms. The molecule has 0 spiro atoms. The van der Waals surface area contributed by atoms with Crippen LogP contribution in [-0.4, -0.2) is 20.1 Å². The van der Waals surface area contributed by atoms with Crippen LogP contribution >= 0.6 is 0 Å². The Bertz CT molecular complexity index is 1100. The Morgan fingerprint density at radius 3 is 2.71 bits per heavy atom. The zero-order valence-corrected chi connectivity index (χ0v) is 15.4. The number of carbonyl (C=O) groups is 1. The third-order valence-electron chi connectivity index (χ3n) is 5.30. The van der Waals surface area contributed by atoms with E-state index in [4.69, 9.17) is 0 Å². The molecule has 4 rings (SSSR count). The Morgan fingerprint density at radius 1 is 1.25 bits per heavy atom. The lowest BCUT2D eigenvalue weighted by Crippen LogP contribution is -2.34. The van der Waals surface area contributed by atoms with E-state index in [9.17, 15) is 18.4 Å². The number of nitrogens with one attached hydrogen (secondary N) is 1. The van der Waals surface area contributed by atoms with Crippen molar-refractivity contribution >= 4 is 11.6 Å². The summed E-state index contributed by atoms with van der Waals surface area (Å²) in [7, 11) is 0. The van der Waals surface area contributed by atoms with Crippen molar-refractivity contribution in [3.63, 3.8) is 0 Å². The second kappa shape index (κ2) is 7.18. The van der Waals surface area contributed by atoms with E-state index in [1.54, 1.807) is 13.1 Å². The van der Waals surface area contributed by atoms with Gasteiger partial charge in [0.25, 0.3) is 0 Å². The minimum absolute atomic E-state index is 0.257.